The molecule has 0 bridgehead atoms. The number of carbonyl (C=O) groups is 1. The second kappa shape index (κ2) is 12.7. The molecule has 198 valence electrons. The number of hydrogen-bond donors (Lipinski definition) is 0. The smallest absolute Gasteiger partial charge is 0.315 e. The number of ether oxygens (including phenoxy) is 1. The number of rotatable bonds is 11. The van der Waals surface area contributed by atoms with Crippen molar-refractivity contribution >= 4 is 50.9 Å². The monoisotopic (exact) mass is 550 g/mol. The third-order valence-electron chi connectivity index (χ3n) is 6.92. The van der Waals surface area contributed by atoms with Gasteiger partial charge in [0.05, 0.1) is 23.6 Å². The molecule has 0 saturated carbocycles. The lowest BCUT2D eigenvalue weighted by Crippen LogP contribution is -2.53. The molecular formula is C27H38N2O4S3. The largest absolute Gasteiger partial charge is 0.465 e. The second-order valence-electron chi connectivity index (χ2n) is 9.01. The van der Waals surface area contributed by atoms with Crippen LogP contribution in [0.4, 0.5) is 11.4 Å². The van der Waals surface area contributed by atoms with E-state index in [1.165, 1.54) is 11.8 Å². The van der Waals surface area contributed by atoms with E-state index in [0.717, 1.165) is 41.8 Å². The van der Waals surface area contributed by atoms with E-state index in [4.69, 9.17) is 4.74 Å². The average Bonchev–Trinajstić information content (AvgIpc) is 2.95. The minimum atomic E-state index is -3.76. The fourth-order valence-electron chi connectivity index (χ4n) is 4.73. The Labute approximate surface area is 225 Å². The predicted molar refractivity (Wildman–Crippen MR) is 152 cm³/mol. The van der Waals surface area contributed by atoms with E-state index in [1.54, 1.807) is 30.0 Å². The first-order valence-corrected chi connectivity index (χ1v) is 16.3. The van der Waals surface area contributed by atoms with Gasteiger partial charge in [-0.15, -0.1) is 23.5 Å². The zero-order valence-corrected chi connectivity index (χ0v) is 24.4. The average molecular weight is 551 g/mol. The zero-order chi connectivity index (χ0) is 26.3. The van der Waals surface area contributed by atoms with Crippen LogP contribution in [0.3, 0.4) is 0 Å². The summed E-state index contributed by atoms with van der Waals surface area (Å²) in [5.74, 6) is 0.508. The number of carbonyl (C=O) groups excluding carboxylic acids is 1. The minimum absolute atomic E-state index is 0.234. The van der Waals surface area contributed by atoms with Crippen LogP contribution in [-0.2, 0) is 25.3 Å². The summed E-state index contributed by atoms with van der Waals surface area (Å²) in [5.41, 5.74) is 2.08. The summed E-state index contributed by atoms with van der Waals surface area (Å²) in [6, 6.07) is 13.9. The Morgan fingerprint density at radius 1 is 1.14 bits per heavy atom. The molecule has 6 nitrogen and oxygen atoms in total. The van der Waals surface area contributed by atoms with Crippen molar-refractivity contribution in [3.63, 3.8) is 0 Å². The first-order chi connectivity index (χ1) is 17.2. The molecule has 1 aliphatic rings. The van der Waals surface area contributed by atoms with Crippen molar-refractivity contribution in [2.45, 2.75) is 67.5 Å². The summed E-state index contributed by atoms with van der Waals surface area (Å²) in [5, 5.41) is 0. The number of sulfonamides is 1. The molecule has 1 atom stereocenters. The summed E-state index contributed by atoms with van der Waals surface area (Å²) >= 11 is 3.04. The number of esters is 1. The molecule has 0 aromatic heterocycles. The second-order valence-corrected chi connectivity index (χ2v) is 12.8. The Bertz CT molecular complexity index is 1140. The van der Waals surface area contributed by atoms with Gasteiger partial charge in [0.1, 0.15) is 4.90 Å². The molecule has 0 amide bonds. The van der Waals surface area contributed by atoms with E-state index >= 15 is 0 Å². The van der Waals surface area contributed by atoms with Crippen LogP contribution in [0.25, 0.3) is 0 Å². The van der Waals surface area contributed by atoms with Gasteiger partial charge in [-0.2, -0.15) is 4.31 Å². The van der Waals surface area contributed by atoms with Crippen molar-refractivity contribution in [1.29, 1.82) is 0 Å². The highest BCUT2D eigenvalue weighted by molar-refractivity contribution is 7.99. The summed E-state index contributed by atoms with van der Waals surface area (Å²) < 4.78 is 35.0. The van der Waals surface area contributed by atoms with Crippen LogP contribution in [0.5, 0.6) is 0 Å². The maximum atomic E-state index is 14.2. The molecule has 1 heterocycles. The molecule has 0 aliphatic carbocycles. The maximum absolute atomic E-state index is 14.2. The first-order valence-electron chi connectivity index (χ1n) is 12.5. The topological polar surface area (TPSA) is 66.9 Å². The van der Waals surface area contributed by atoms with E-state index < -0.39 is 15.6 Å². The minimum Gasteiger partial charge on any atom is -0.465 e. The SMILES string of the molecule is CCCC[C@]1(CC)CN(c2ccccc2)c2cc(SC)c(CSCC(=O)OCC)cc2S(=O)(=O)N1C. The number of hydrogen-bond acceptors (Lipinski definition) is 7. The molecule has 0 radical (unpaired) electrons. The number of thioether (sulfide) groups is 2. The van der Waals surface area contributed by atoms with Crippen LogP contribution in [0.1, 0.15) is 52.0 Å². The van der Waals surface area contributed by atoms with Gasteiger partial charge >= 0.3 is 5.97 Å². The Morgan fingerprint density at radius 2 is 1.86 bits per heavy atom. The summed E-state index contributed by atoms with van der Waals surface area (Å²) in [7, 11) is -2.02. The number of fused-ring (bicyclic) bond motifs is 1. The molecule has 2 aromatic carbocycles. The lowest BCUT2D eigenvalue weighted by molar-refractivity contribution is -0.139. The maximum Gasteiger partial charge on any atom is 0.315 e. The summed E-state index contributed by atoms with van der Waals surface area (Å²) in [4.78, 5) is 15.4. The fraction of sp³-hybridized carbons (Fsp3) is 0.519. The summed E-state index contributed by atoms with van der Waals surface area (Å²) in [6.07, 6.45) is 5.48. The Kier molecular flexibility index (Phi) is 10.2. The molecule has 0 fully saturated rings. The quantitative estimate of drug-likeness (QED) is 0.240. The van der Waals surface area contributed by atoms with Crippen LogP contribution in [-0.4, -0.2) is 56.4 Å². The highest BCUT2D eigenvalue weighted by Crippen LogP contribution is 2.45. The van der Waals surface area contributed by atoms with Crippen LogP contribution in [0.2, 0.25) is 0 Å². The van der Waals surface area contributed by atoms with Crippen LogP contribution in [0.15, 0.2) is 52.3 Å². The van der Waals surface area contributed by atoms with Gasteiger partial charge < -0.3 is 9.64 Å². The van der Waals surface area contributed by atoms with Crippen molar-refractivity contribution in [1.82, 2.24) is 4.31 Å². The molecule has 1 aliphatic heterocycles. The Hall–Kier alpha value is -1.68. The van der Waals surface area contributed by atoms with Gasteiger partial charge in [0.25, 0.3) is 0 Å². The molecule has 3 rings (SSSR count). The third kappa shape index (κ3) is 6.06. The number of unbranched alkanes of at least 4 members (excludes halogenated alkanes) is 1. The molecule has 0 unspecified atom stereocenters. The Balaban J connectivity index is 2.16. The van der Waals surface area contributed by atoms with E-state index in [2.05, 4.69) is 18.7 Å². The number of likely N-dealkylation sites (N-methyl/N-ethyl adjacent to an activating group) is 1. The molecule has 36 heavy (non-hydrogen) atoms. The van der Waals surface area contributed by atoms with Gasteiger partial charge in [0.15, 0.2) is 0 Å². The van der Waals surface area contributed by atoms with Gasteiger partial charge in [0.2, 0.25) is 10.0 Å². The van der Waals surface area contributed by atoms with E-state index in [-0.39, 0.29) is 11.7 Å². The van der Waals surface area contributed by atoms with Crippen molar-refractivity contribution < 1.29 is 17.9 Å². The van der Waals surface area contributed by atoms with Crippen LogP contribution in [0, 0.1) is 0 Å². The zero-order valence-electron chi connectivity index (χ0n) is 22.0. The van der Waals surface area contributed by atoms with Gasteiger partial charge in [0, 0.05) is 29.9 Å². The van der Waals surface area contributed by atoms with E-state index in [0.29, 0.717) is 29.5 Å². The number of para-hydroxylation sites is 1. The Morgan fingerprint density at radius 3 is 2.47 bits per heavy atom. The van der Waals surface area contributed by atoms with Crippen molar-refractivity contribution in [2.75, 3.05) is 37.1 Å². The molecule has 0 N–H and O–H groups in total. The molecule has 0 saturated heterocycles. The number of anilines is 2. The summed E-state index contributed by atoms with van der Waals surface area (Å²) in [6.45, 7) is 6.96. The highest BCUT2D eigenvalue weighted by atomic mass is 32.2. The lowest BCUT2D eigenvalue weighted by Gasteiger charge is -2.41. The molecular weight excluding hydrogens is 513 g/mol. The van der Waals surface area contributed by atoms with Gasteiger partial charge in [-0.1, -0.05) is 44.9 Å². The van der Waals surface area contributed by atoms with Crippen LogP contribution >= 0.6 is 23.5 Å². The lowest BCUT2D eigenvalue weighted by atomic mass is 9.88. The van der Waals surface area contributed by atoms with Crippen LogP contribution < -0.4 is 4.90 Å². The normalized spacial score (nSPS) is 19.5. The van der Waals surface area contributed by atoms with Crippen molar-refractivity contribution in [3.05, 3.63) is 48.0 Å². The fourth-order valence-corrected chi connectivity index (χ4v) is 8.06. The van der Waals surface area contributed by atoms with Crippen molar-refractivity contribution in [2.24, 2.45) is 0 Å². The molecule has 9 heteroatoms. The predicted octanol–water partition coefficient (Wildman–Crippen LogP) is 6.32. The van der Waals surface area contributed by atoms with Gasteiger partial charge in [-0.3, -0.25) is 4.79 Å². The molecule has 2 aromatic rings. The standard InChI is InChI=1S/C27H38N2O4S3/c1-6-9-15-27(7-2)20-29(22-13-11-10-12-14-22)23-17-24(34-5)21(18-35-19-26(30)33-8-3)16-25(23)36(31,32)28(27)4/h10-14,16-17H,6-9,15,18-20H2,1-5H3/t27-/m1/s1. The van der Waals surface area contributed by atoms with Gasteiger partial charge in [-0.25, -0.2) is 8.42 Å². The van der Waals surface area contributed by atoms with E-state index in [9.17, 15) is 13.2 Å². The molecule has 0 spiro atoms. The highest BCUT2D eigenvalue weighted by Gasteiger charge is 2.46. The number of nitrogens with zero attached hydrogens (tertiary/aromatic N) is 2. The van der Waals surface area contributed by atoms with E-state index in [1.807, 2.05) is 48.7 Å². The number of benzene rings is 2. The third-order valence-corrected chi connectivity index (χ3v) is 10.7. The first kappa shape index (κ1) is 28.9. The van der Waals surface area contributed by atoms with Crippen molar-refractivity contribution in [3.8, 4) is 0 Å². The van der Waals surface area contributed by atoms with Gasteiger partial charge in [-0.05, 0) is 55.9 Å².